The van der Waals surface area contributed by atoms with Gasteiger partial charge >= 0.3 is 0 Å². The van der Waals surface area contributed by atoms with Crippen molar-refractivity contribution in [1.82, 2.24) is 24.5 Å². The van der Waals surface area contributed by atoms with Crippen LogP contribution in [0.3, 0.4) is 0 Å². The maximum Gasteiger partial charge on any atom is 0.109 e. The molecule has 0 radical (unpaired) electrons. The van der Waals surface area contributed by atoms with Crippen molar-refractivity contribution in [2.45, 2.75) is 37.8 Å². The van der Waals surface area contributed by atoms with Crippen molar-refractivity contribution in [2.24, 2.45) is 0 Å². The molecule has 0 atom stereocenters. The number of aromatic nitrogens is 4. The van der Waals surface area contributed by atoms with Gasteiger partial charge in [-0.2, -0.15) is 10.2 Å². The van der Waals surface area contributed by atoms with Crippen LogP contribution in [0.15, 0.2) is 30.7 Å². The minimum Gasteiger partial charge on any atom is -0.377 e. The summed E-state index contributed by atoms with van der Waals surface area (Å²) in [6.45, 7) is 5.89. The summed E-state index contributed by atoms with van der Waals surface area (Å²) in [5.41, 5.74) is 3.23. The summed E-state index contributed by atoms with van der Waals surface area (Å²) in [6.07, 6.45) is 7.53. The van der Waals surface area contributed by atoms with Gasteiger partial charge in [-0.15, -0.1) is 0 Å². The van der Waals surface area contributed by atoms with Crippen molar-refractivity contribution in [1.29, 1.82) is 0 Å². The lowest BCUT2D eigenvalue weighted by molar-refractivity contribution is -0.136. The molecule has 2 aromatic heterocycles. The molecule has 2 aliphatic rings. The number of fused-ring (bicyclic) bond motifs is 1. The number of hydrogen-bond donors (Lipinski definition) is 0. The number of likely N-dealkylation sites (tertiary alicyclic amines) is 1. The molecule has 0 bridgehead atoms. The SMILES string of the molecule is CC1(N2CCC(c3cc4c(cnn4-c4cnn(CCF)c4)cc3Cl)CC2)COC1. The summed E-state index contributed by atoms with van der Waals surface area (Å²) in [6, 6.07) is 4.18. The van der Waals surface area contributed by atoms with Crippen LogP contribution in [0.1, 0.15) is 31.2 Å². The Bertz CT molecular complexity index is 1020. The van der Waals surface area contributed by atoms with Gasteiger partial charge in [-0.3, -0.25) is 9.58 Å². The number of alkyl halides is 1. The van der Waals surface area contributed by atoms with Crippen LogP contribution in [0.5, 0.6) is 0 Å². The van der Waals surface area contributed by atoms with E-state index in [-0.39, 0.29) is 12.1 Å². The third-order valence-electron chi connectivity index (χ3n) is 6.39. The lowest BCUT2D eigenvalue weighted by atomic mass is 9.86. The van der Waals surface area contributed by atoms with E-state index in [1.54, 1.807) is 10.9 Å². The van der Waals surface area contributed by atoms with E-state index in [1.165, 1.54) is 5.56 Å². The number of piperidine rings is 1. The van der Waals surface area contributed by atoms with E-state index in [0.717, 1.165) is 60.8 Å². The van der Waals surface area contributed by atoms with Crippen molar-refractivity contribution in [3.05, 3.63) is 41.3 Å². The molecule has 154 valence electrons. The number of ether oxygens (including phenoxy) is 1. The molecule has 0 unspecified atom stereocenters. The second-order valence-corrected chi connectivity index (χ2v) is 8.80. The Labute approximate surface area is 174 Å². The van der Waals surface area contributed by atoms with Gasteiger partial charge < -0.3 is 4.74 Å². The molecule has 0 saturated carbocycles. The molecule has 5 rings (SSSR count). The van der Waals surface area contributed by atoms with Crippen LogP contribution in [0.25, 0.3) is 16.6 Å². The molecular formula is C21H25ClFN5O. The minimum absolute atomic E-state index is 0.205. The number of nitrogens with zero attached hydrogens (tertiary/aromatic N) is 5. The van der Waals surface area contributed by atoms with E-state index in [4.69, 9.17) is 16.3 Å². The van der Waals surface area contributed by atoms with Crippen LogP contribution in [0.4, 0.5) is 4.39 Å². The third kappa shape index (κ3) is 3.35. The van der Waals surface area contributed by atoms with Crippen molar-refractivity contribution in [3.63, 3.8) is 0 Å². The molecular weight excluding hydrogens is 393 g/mol. The van der Waals surface area contributed by atoms with E-state index in [2.05, 4.69) is 28.1 Å². The molecule has 1 aromatic carbocycles. The Morgan fingerprint density at radius 1 is 1.21 bits per heavy atom. The highest BCUT2D eigenvalue weighted by atomic mass is 35.5. The highest BCUT2D eigenvalue weighted by Gasteiger charge is 2.41. The van der Waals surface area contributed by atoms with Crippen molar-refractivity contribution in [2.75, 3.05) is 33.0 Å². The summed E-state index contributed by atoms with van der Waals surface area (Å²) in [7, 11) is 0. The molecule has 0 N–H and O–H groups in total. The first-order valence-corrected chi connectivity index (χ1v) is 10.5. The predicted octanol–water partition coefficient (Wildman–Crippen LogP) is 3.81. The predicted molar refractivity (Wildman–Crippen MR) is 111 cm³/mol. The third-order valence-corrected chi connectivity index (χ3v) is 6.72. The van der Waals surface area contributed by atoms with Crippen LogP contribution >= 0.6 is 11.6 Å². The van der Waals surface area contributed by atoms with Gasteiger partial charge in [0.15, 0.2) is 0 Å². The standard InChI is InChI=1S/C21H25ClFN5O/c1-21(13-29-14-21)26-5-2-15(3-6-26)18-9-20-16(8-19(18)22)10-25-28(20)17-11-24-27(12-17)7-4-23/h8-12,15H,2-7,13-14H2,1H3. The fourth-order valence-corrected chi connectivity index (χ4v) is 4.89. The summed E-state index contributed by atoms with van der Waals surface area (Å²) in [5, 5.41) is 10.5. The van der Waals surface area contributed by atoms with E-state index in [0.29, 0.717) is 5.92 Å². The van der Waals surface area contributed by atoms with Crippen molar-refractivity contribution < 1.29 is 9.13 Å². The topological polar surface area (TPSA) is 48.1 Å². The molecule has 2 saturated heterocycles. The van der Waals surface area contributed by atoms with Crippen molar-refractivity contribution >= 4 is 22.5 Å². The molecule has 0 aliphatic carbocycles. The van der Waals surface area contributed by atoms with E-state index < -0.39 is 6.67 Å². The summed E-state index contributed by atoms with van der Waals surface area (Å²) in [5.74, 6) is 0.436. The van der Waals surface area contributed by atoms with Crippen LogP contribution in [0, 0.1) is 0 Å². The highest BCUT2D eigenvalue weighted by molar-refractivity contribution is 6.32. The quantitative estimate of drug-likeness (QED) is 0.633. The average molecular weight is 418 g/mol. The highest BCUT2D eigenvalue weighted by Crippen LogP contribution is 2.38. The largest absolute Gasteiger partial charge is 0.377 e. The Hall–Kier alpha value is -1.96. The van der Waals surface area contributed by atoms with Crippen molar-refractivity contribution in [3.8, 4) is 5.69 Å². The van der Waals surface area contributed by atoms with Gasteiger partial charge in [-0.05, 0) is 56.5 Å². The number of rotatable bonds is 5. The van der Waals surface area contributed by atoms with Crippen LogP contribution in [-0.2, 0) is 11.3 Å². The molecule has 3 aromatic rings. The van der Waals surface area contributed by atoms with Gasteiger partial charge in [0.2, 0.25) is 0 Å². The zero-order valence-corrected chi connectivity index (χ0v) is 17.3. The van der Waals surface area contributed by atoms with E-state index >= 15 is 0 Å². The van der Waals surface area contributed by atoms with Gasteiger partial charge in [0, 0.05) is 10.4 Å². The summed E-state index contributed by atoms with van der Waals surface area (Å²) in [4.78, 5) is 2.56. The molecule has 2 fully saturated rings. The monoisotopic (exact) mass is 417 g/mol. The lowest BCUT2D eigenvalue weighted by Crippen LogP contribution is -2.61. The first kappa shape index (κ1) is 19.0. The van der Waals surface area contributed by atoms with Gasteiger partial charge in [0.25, 0.3) is 0 Å². The lowest BCUT2D eigenvalue weighted by Gasteiger charge is -2.50. The average Bonchev–Trinajstić information content (AvgIpc) is 3.32. The molecule has 0 amide bonds. The normalized spacial score (nSPS) is 20.2. The van der Waals surface area contributed by atoms with Gasteiger partial charge in [-0.25, -0.2) is 9.07 Å². The van der Waals surface area contributed by atoms with E-state index in [9.17, 15) is 4.39 Å². The zero-order chi connectivity index (χ0) is 20.0. The number of benzene rings is 1. The first-order valence-electron chi connectivity index (χ1n) is 10.2. The number of hydrogen-bond acceptors (Lipinski definition) is 4. The molecule has 6 nitrogen and oxygen atoms in total. The number of halogens is 2. The van der Waals surface area contributed by atoms with Gasteiger partial charge in [-0.1, -0.05) is 11.6 Å². The summed E-state index contributed by atoms with van der Waals surface area (Å²) < 4.78 is 21.5. The van der Waals surface area contributed by atoms with E-state index in [1.807, 2.05) is 23.1 Å². The van der Waals surface area contributed by atoms with Crippen LogP contribution < -0.4 is 0 Å². The second kappa shape index (κ2) is 7.38. The Morgan fingerprint density at radius 3 is 2.69 bits per heavy atom. The molecule has 29 heavy (non-hydrogen) atoms. The van der Waals surface area contributed by atoms with Crippen LogP contribution in [0.2, 0.25) is 5.02 Å². The first-order chi connectivity index (χ1) is 14.1. The molecule has 0 spiro atoms. The number of aryl methyl sites for hydroxylation is 1. The zero-order valence-electron chi connectivity index (χ0n) is 16.5. The van der Waals surface area contributed by atoms with Crippen LogP contribution in [-0.4, -0.2) is 63.0 Å². The summed E-state index contributed by atoms with van der Waals surface area (Å²) >= 11 is 6.67. The Kier molecular flexibility index (Phi) is 4.84. The van der Waals surface area contributed by atoms with Gasteiger partial charge in [0.05, 0.1) is 49.4 Å². The van der Waals surface area contributed by atoms with Gasteiger partial charge in [0.1, 0.15) is 12.4 Å². The fourth-order valence-electron chi connectivity index (χ4n) is 4.56. The minimum atomic E-state index is -0.440. The maximum absolute atomic E-state index is 12.6. The molecule has 2 aliphatic heterocycles. The molecule has 8 heteroatoms. The molecule has 4 heterocycles. The second-order valence-electron chi connectivity index (χ2n) is 8.39. The Morgan fingerprint density at radius 2 is 2.00 bits per heavy atom. The fraction of sp³-hybridized carbons (Fsp3) is 0.524. The maximum atomic E-state index is 12.6. The Balaban J connectivity index is 1.42. The smallest absolute Gasteiger partial charge is 0.109 e.